The minimum absolute atomic E-state index is 0.0432. The molecule has 0 bridgehead atoms. The van der Waals surface area contributed by atoms with E-state index in [1.807, 2.05) is 56.6 Å². The Morgan fingerprint density at radius 3 is 2.54 bits per heavy atom. The summed E-state index contributed by atoms with van der Waals surface area (Å²) in [6.07, 6.45) is -0.649. The lowest BCUT2D eigenvalue weighted by molar-refractivity contribution is -0.130. The summed E-state index contributed by atoms with van der Waals surface area (Å²) in [5, 5.41) is 2.97. The highest BCUT2D eigenvalue weighted by molar-refractivity contribution is 5.81. The van der Waals surface area contributed by atoms with Crippen molar-refractivity contribution >= 4 is 5.91 Å². The van der Waals surface area contributed by atoms with Crippen molar-refractivity contribution in [3.8, 4) is 17.2 Å². The summed E-state index contributed by atoms with van der Waals surface area (Å²) < 4.78 is 16.6. The van der Waals surface area contributed by atoms with Gasteiger partial charge in [-0.05, 0) is 43.9 Å². The molecule has 2 atom stereocenters. The van der Waals surface area contributed by atoms with E-state index in [4.69, 9.17) is 14.2 Å². The molecule has 6 heteroatoms. The number of carbonyl (C=O) groups is 1. The molecule has 1 aliphatic heterocycles. The number of carbonyl (C=O) groups excluding carboxylic acids is 1. The van der Waals surface area contributed by atoms with Gasteiger partial charge in [-0.25, -0.2) is 0 Å². The van der Waals surface area contributed by atoms with Gasteiger partial charge in [0.2, 0.25) is 6.10 Å². The molecule has 1 amide bonds. The van der Waals surface area contributed by atoms with Gasteiger partial charge in [0.05, 0.1) is 13.2 Å². The second kappa shape index (κ2) is 8.10. The molecule has 3 rings (SSSR count). The largest absolute Gasteiger partial charge is 0.497 e. The topological polar surface area (TPSA) is 60.0 Å². The molecule has 26 heavy (non-hydrogen) atoms. The Morgan fingerprint density at radius 1 is 1.19 bits per heavy atom. The number of fused-ring (bicyclic) bond motifs is 1. The average molecular weight is 356 g/mol. The molecule has 6 nitrogen and oxygen atoms in total. The van der Waals surface area contributed by atoms with Crippen molar-refractivity contribution < 1.29 is 19.0 Å². The van der Waals surface area contributed by atoms with Crippen molar-refractivity contribution in [1.82, 2.24) is 10.2 Å². The van der Waals surface area contributed by atoms with Gasteiger partial charge in [-0.15, -0.1) is 0 Å². The van der Waals surface area contributed by atoms with E-state index >= 15 is 0 Å². The van der Waals surface area contributed by atoms with Gasteiger partial charge in [0.1, 0.15) is 12.4 Å². The maximum atomic E-state index is 12.5. The van der Waals surface area contributed by atoms with Gasteiger partial charge in [0.25, 0.3) is 5.91 Å². The molecule has 0 spiro atoms. The van der Waals surface area contributed by atoms with Gasteiger partial charge in [-0.3, -0.25) is 4.79 Å². The molecular formula is C20H24N2O4. The maximum absolute atomic E-state index is 12.5. The molecule has 0 aliphatic carbocycles. The zero-order valence-electron chi connectivity index (χ0n) is 15.3. The van der Waals surface area contributed by atoms with Crippen LogP contribution in [0.15, 0.2) is 48.5 Å². The molecule has 1 N–H and O–H groups in total. The van der Waals surface area contributed by atoms with Crippen LogP contribution in [0.4, 0.5) is 0 Å². The first-order valence-corrected chi connectivity index (χ1v) is 8.55. The van der Waals surface area contributed by atoms with Crippen LogP contribution in [0.2, 0.25) is 0 Å². The summed E-state index contributed by atoms with van der Waals surface area (Å²) in [5.41, 5.74) is 1.10. The van der Waals surface area contributed by atoms with Crippen LogP contribution in [0.1, 0.15) is 11.6 Å². The fourth-order valence-electron chi connectivity index (χ4n) is 2.88. The number of rotatable bonds is 6. The van der Waals surface area contributed by atoms with E-state index < -0.39 is 6.10 Å². The van der Waals surface area contributed by atoms with Crippen LogP contribution in [0.25, 0.3) is 0 Å². The number of hydrogen-bond donors (Lipinski definition) is 1. The predicted molar refractivity (Wildman–Crippen MR) is 98.8 cm³/mol. The third-order valence-electron chi connectivity index (χ3n) is 4.39. The van der Waals surface area contributed by atoms with E-state index in [9.17, 15) is 4.79 Å². The minimum atomic E-state index is -0.649. The molecule has 0 saturated heterocycles. The van der Waals surface area contributed by atoms with Crippen LogP contribution in [-0.2, 0) is 4.79 Å². The first-order chi connectivity index (χ1) is 12.6. The number of amides is 1. The molecule has 0 aromatic heterocycles. The lowest BCUT2D eigenvalue weighted by atomic mass is 10.1. The summed E-state index contributed by atoms with van der Waals surface area (Å²) in [6, 6.07) is 15.3. The van der Waals surface area contributed by atoms with E-state index in [2.05, 4.69) is 10.2 Å². The normalized spacial score (nSPS) is 16.8. The van der Waals surface area contributed by atoms with Gasteiger partial charge in [-0.1, -0.05) is 24.3 Å². The van der Waals surface area contributed by atoms with Gasteiger partial charge >= 0.3 is 0 Å². The molecule has 2 unspecified atom stereocenters. The summed E-state index contributed by atoms with van der Waals surface area (Å²) >= 11 is 0. The molecule has 2 aromatic carbocycles. The number of nitrogens with zero attached hydrogens (tertiary/aromatic N) is 1. The predicted octanol–water partition coefficient (Wildman–Crippen LogP) is 2.25. The lowest BCUT2D eigenvalue weighted by Crippen LogP contribution is -2.46. The number of likely N-dealkylation sites (N-methyl/N-ethyl adjacent to an activating group) is 1. The zero-order valence-corrected chi connectivity index (χ0v) is 15.3. The van der Waals surface area contributed by atoms with Crippen molar-refractivity contribution in [2.75, 3.05) is 34.4 Å². The summed E-state index contributed by atoms with van der Waals surface area (Å²) in [5.74, 6) is 1.89. The fraction of sp³-hybridized carbons (Fsp3) is 0.350. The summed E-state index contributed by atoms with van der Waals surface area (Å²) in [7, 11) is 5.61. The highest BCUT2D eigenvalue weighted by Gasteiger charge is 2.28. The zero-order chi connectivity index (χ0) is 18.5. The monoisotopic (exact) mass is 356 g/mol. The van der Waals surface area contributed by atoms with E-state index in [0.717, 1.165) is 11.3 Å². The Balaban J connectivity index is 1.61. The van der Waals surface area contributed by atoms with Crippen molar-refractivity contribution in [3.05, 3.63) is 54.1 Å². The molecule has 0 radical (unpaired) electrons. The molecular weight excluding hydrogens is 332 g/mol. The number of ether oxygens (including phenoxy) is 3. The first kappa shape index (κ1) is 18.1. The molecule has 2 aromatic rings. The Labute approximate surface area is 153 Å². The molecule has 1 aliphatic rings. The van der Waals surface area contributed by atoms with Gasteiger partial charge in [0, 0.05) is 6.54 Å². The summed E-state index contributed by atoms with van der Waals surface area (Å²) in [6.45, 7) is 0.678. The average Bonchev–Trinajstić information content (AvgIpc) is 2.67. The Morgan fingerprint density at radius 2 is 1.88 bits per heavy atom. The van der Waals surface area contributed by atoms with Crippen molar-refractivity contribution in [2.24, 2.45) is 0 Å². The van der Waals surface area contributed by atoms with Crippen LogP contribution in [-0.4, -0.2) is 51.3 Å². The lowest BCUT2D eigenvalue weighted by Gasteiger charge is -2.28. The van der Waals surface area contributed by atoms with Crippen molar-refractivity contribution in [1.29, 1.82) is 0 Å². The Kier molecular flexibility index (Phi) is 5.63. The van der Waals surface area contributed by atoms with Crippen LogP contribution < -0.4 is 19.5 Å². The Hall–Kier alpha value is -2.73. The van der Waals surface area contributed by atoms with Crippen LogP contribution in [0.3, 0.4) is 0 Å². The highest BCUT2D eigenvalue weighted by atomic mass is 16.6. The van der Waals surface area contributed by atoms with E-state index in [0.29, 0.717) is 18.0 Å². The molecule has 0 saturated carbocycles. The number of methoxy groups -OCH3 is 1. The van der Waals surface area contributed by atoms with E-state index in [-0.39, 0.29) is 18.6 Å². The maximum Gasteiger partial charge on any atom is 0.264 e. The fourth-order valence-corrected chi connectivity index (χ4v) is 2.88. The number of benzene rings is 2. The standard InChI is InChI=1S/C20H24N2O4/c1-22(2)16(14-8-10-15(24-3)11-9-14)12-21-20(23)19-13-25-17-6-4-5-7-18(17)26-19/h4-11,16,19H,12-13H2,1-3H3,(H,21,23). The SMILES string of the molecule is COc1ccc(C(CNC(=O)C2COc3ccccc3O2)N(C)C)cc1. The smallest absolute Gasteiger partial charge is 0.264 e. The van der Waals surface area contributed by atoms with Crippen molar-refractivity contribution in [3.63, 3.8) is 0 Å². The quantitative estimate of drug-likeness (QED) is 0.860. The summed E-state index contributed by atoms with van der Waals surface area (Å²) in [4.78, 5) is 14.6. The molecule has 138 valence electrons. The number of para-hydroxylation sites is 2. The second-order valence-corrected chi connectivity index (χ2v) is 6.36. The van der Waals surface area contributed by atoms with Gasteiger partial charge < -0.3 is 24.4 Å². The third-order valence-corrected chi connectivity index (χ3v) is 4.39. The Bertz CT molecular complexity index is 746. The third kappa shape index (κ3) is 4.08. The molecule has 1 heterocycles. The van der Waals surface area contributed by atoms with Gasteiger partial charge in [-0.2, -0.15) is 0 Å². The van der Waals surface area contributed by atoms with E-state index in [1.54, 1.807) is 13.2 Å². The van der Waals surface area contributed by atoms with Gasteiger partial charge in [0.15, 0.2) is 11.5 Å². The van der Waals surface area contributed by atoms with Crippen LogP contribution in [0.5, 0.6) is 17.2 Å². The number of nitrogens with one attached hydrogen (secondary N) is 1. The minimum Gasteiger partial charge on any atom is -0.497 e. The molecule has 0 fully saturated rings. The second-order valence-electron chi connectivity index (χ2n) is 6.36. The van der Waals surface area contributed by atoms with Crippen LogP contribution >= 0.6 is 0 Å². The van der Waals surface area contributed by atoms with E-state index in [1.165, 1.54) is 0 Å². The van der Waals surface area contributed by atoms with Crippen LogP contribution in [0, 0.1) is 0 Å². The number of hydrogen-bond acceptors (Lipinski definition) is 5. The van der Waals surface area contributed by atoms with Crippen molar-refractivity contribution in [2.45, 2.75) is 12.1 Å². The highest BCUT2D eigenvalue weighted by Crippen LogP contribution is 2.31. The first-order valence-electron chi connectivity index (χ1n) is 8.55.